The number of halogens is 6. The van der Waals surface area contributed by atoms with Crippen molar-refractivity contribution < 1.29 is 58.4 Å². The van der Waals surface area contributed by atoms with Crippen LogP contribution in [-0.2, 0) is 26.0 Å². The largest absolute Gasteiger partial charge is 0.438 e. The lowest BCUT2D eigenvalue weighted by molar-refractivity contribution is -0.356. The van der Waals surface area contributed by atoms with Gasteiger partial charge in [0.25, 0.3) is 10.1 Å². The van der Waals surface area contributed by atoms with Crippen LogP contribution in [0.15, 0.2) is 18.2 Å². The van der Waals surface area contributed by atoms with Gasteiger partial charge in [0, 0.05) is 0 Å². The van der Waals surface area contributed by atoms with E-state index in [0.717, 1.165) is 25.0 Å². The molecule has 184 valence electrons. The van der Waals surface area contributed by atoms with Gasteiger partial charge in [-0.3, -0.25) is 9.35 Å². The molecule has 0 radical (unpaired) electrons. The summed E-state index contributed by atoms with van der Waals surface area (Å²) in [6.45, 7) is 0. The number of esters is 2. The van der Waals surface area contributed by atoms with Gasteiger partial charge in [-0.25, -0.2) is 4.79 Å². The van der Waals surface area contributed by atoms with Crippen LogP contribution in [0, 0.1) is 5.92 Å². The fraction of sp³-hybridized carbons (Fsp3) is 0.556. The minimum absolute atomic E-state index is 0.321. The maximum absolute atomic E-state index is 13.5. The fourth-order valence-electron chi connectivity index (χ4n) is 3.33. The number of hydrogen-bond acceptors (Lipinski definition) is 6. The molecule has 0 atom stereocenters. The Bertz CT molecular complexity index is 987. The van der Waals surface area contributed by atoms with Crippen molar-refractivity contribution in [3.63, 3.8) is 0 Å². The molecule has 0 saturated heterocycles. The molecule has 2 rings (SSSR count). The van der Waals surface area contributed by atoms with Gasteiger partial charge in [-0.05, 0) is 25.0 Å². The van der Waals surface area contributed by atoms with Crippen molar-refractivity contribution >= 4 is 29.9 Å². The van der Waals surface area contributed by atoms with Crippen LogP contribution in [-0.4, -0.2) is 56.5 Å². The molecule has 0 heterocycles. The first kappa shape index (κ1) is 27.0. The van der Waals surface area contributed by atoms with Crippen molar-refractivity contribution in [2.24, 2.45) is 5.92 Å². The molecule has 0 bridgehead atoms. The molecule has 15 heteroatoms. The van der Waals surface area contributed by atoms with Crippen LogP contribution in [0.4, 0.5) is 26.3 Å². The van der Waals surface area contributed by atoms with Crippen molar-refractivity contribution in [1.82, 2.24) is 0 Å². The Balaban J connectivity index is 2.52. The van der Waals surface area contributed by atoms with Gasteiger partial charge in [0.1, 0.15) is 24.9 Å². The molecule has 7 nitrogen and oxygen atoms in total. The molecule has 0 aliphatic heterocycles. The average molecular weight is 504 g/mol. The summed E-state index contributed by atoms with van der Waals surface area (Å²) in [5.74, 6) is -7.25. The van der Waals surface area contributed by atoms with E-state index in [9.17, 15) is 44.3 Å². The van der Waals surface area contributed by atoms with Crippen LogP contribution >= 0.6 is 0 Å². The minimum Gasteiger partial charge on any atom is -0.434 e. The first-order valence-electron chi connectivity index (χ1n) is 9.67. The first-order chi connectivity index (χ1) is 15.0. The summed E-state index contributed by atoms with van der Waals surface area (Å²) >= 11 is 0. The monoisotopic (exact) mass is 504 g/mol. The summed E-state index contributed by atoms with van der Waals surface area (Å²) in [4.78, 5) is 24.8. The molecule has 1 aromatic carbocycles. The van der Waals surface area contributed by atoms with E-state index in [0.29, 0.717) is 24.7 Å². The molecular weight excluding hydrogens is 485 g/mol. The molecule has 1 aliphatic rings. The third-order valence-corrected chi connectivity index (χ3v) is 5.91. The van der Waals surface area contributed by atoms with Crippen molar-refractivity contribution in [3.8, 4) is 5.75 Å². The van der Waals surface area contributed by atoms with Crippen LogP contribution in [0.2, 0.25) is 0 Å². The summed E-state index contributed by atoms with van der Waals surface area (Å²) in [6.07, 6.45) is -10.3. The van der Waals surface area contributed by atoms with E-state index in [1.54, 1.807) is 7.85 Å². The second kappa shape index (κ2) is 9.53. The second-order valence-corrected chi connectivity index (χ2v) is 8.98. The van der Waals surface area contributed by atoms with Crippen molar-refractivity contribution in [2.45, 2.75) is 50.0 Å². The Morgan fingerprint density at radius 3 is 2.06 bits per heavy atom. The van der Waals surface area contributed by atoms with Gasteiger partial charge in [-0.15, -0.1) is 0 Å². The Morgan fingerprint density at radius 2 is 1.61 bits per heavy atom. The van der Waals surface area contributed by atoms with E-state index in [1.165, 1.54) is 6.07 Å². The lowest BCUT2D eigenvalue weighted by Gasteiger charge is -2.35. The zero-order valence-electron chi connectivity index (χ0n) is 17.1. The van der Waals surface area contributed by atoms with Crippen molar-refractivity contribution in [1.29, 1.82) is 0 Å². The third-order valence-electron chi connectivity index (χ3n) is 5.14. The van der Waals surface area contributed by atoms with Crippen LogP contribution in [0.3, 0.4) is 0 Å². The van der Waals surface area contributed by atoms with E-state index in [2.05, 4.69) is 4.74 Å². The highest BCUT2D eigenvalue weighted by molar-refractivity contribution is 7.85. The molecule has 0 amide bonds. The van der Waals surface area contributed by atoms with Crippen molar-refractivity contribution in [3.05, 3.63) is 29.3 Å². The maximum Gasteiger partial charge on any atom is 0.438 e. The molecule has 0 unspecified atom stereocenters. The highest BCUT2D eigenvalue weighted by atomic mass is 32.2. The second-order valence-electron chi connectivity index (χ2n) is 7.52. The predicted molar refractivity (Wildman–Crippen MR) is 103 cm³/mol. The first-order valence-corrected chi connectivity index (χ1v) is 11.3. The molecule has 0 spiro atoms. The standard InChI is InChI=1S/C18H19BF6O7S/c19-8-10-5-6-12(13(7-10)31-14(26)11-3-1-2-4-11)15(27)32-16(17(20,21)22,18(23,24)25)9-33(28,29)30/h5-7,11H,1-4,8-9,19H2,(H,28,29,30). The van der Waals surface area contributed by atoms with Gasteiger partial charge < -0.3 is 9.47 Å². The lowest BCUT2D eigenvalue weighted by Crippen LogP contribution is -2.63. The van der Waals surface area contributed by atoms with E-state index < -0.39 is 63.0 Å². The van der Waals surface area contributed by atoms with Gasteiger partial charge >= 0.3 is 29.9 Å². The highest BCUT2D eigenvalue weighted by Gasteiger charge is 2.76. The number of benzene rings is 1. The van der Waals surface area contributed by atoms with Crippen LogP contribution in [0.25, 0.3) is 0 Å². The number of carbonyl (C=O) groups excluding carboxylic acids is 2. The third kappa shape index (κ3) is 6.19. The smallest absolute Gasteiger partial charge is 0.434 e. The summed E-state index contributed by atoms with van der Waals surface area (Å²) < 4.78 is 120. The number of ether oxygens (including phenoxy) is 2. The van der Waals surface area contributed by atoms with Crippen LogP contribution in [0.5, 0.6) is 5.75 Å². The van der Waals surface area contributed by atoms with E-state index >= 15 is 0 Å². The highest BCUT2D eigenvalue weighted by Crippen LogP contribution is 2.47. The van der Waals surface area contributed by atoms with E-state index in [1.807, 2.05) is 0 Å². The zero-order chi connectivity index (χ0) is 25.2. The Labute approximate surface area is 185 Å². The number of rotatable bonds is 7. The van der Waals surface area contributed by atoms with Gasteiger partial charge in [-0.1, -0.05) is 30.8 Å². The summed E-state index contributed by atoms with van der Waals surface area (Å²) in [7, 11) is -4.28. The number of alkyl halides is 6. The minimum atomic E-state index is -6.47. The fourth-order valence-corrected chi connectivity index (χ4v) is 4.23. The zero-order valence-corrected chi connectivity index (χ0v) is 17.9. The normalized spacial score (nSPS) is 16.0. The topological polar surface area (TPSA) is 107 Å². The lowest BCUT2D eigenvalue weighted by atomic mass is 9.95. The Hall–Kier alpha value is -2.29. The van der Waals surface area contributed by atoms with Crippen LogP contribution in [0.1, 0.15) is 41.6 Å². The van der Waals surface area contributed by atoms with Gasteiger partial charge in [0.05, 0.1) is 5.92 Å². The Kier molecular flexibility index (Phi) is 7.78. The summed E-state index contributed by atoms with van der Waals surface area (Å²) in [5.41, 5.74) is -6.08. The summed E-state index contributed by atoms with van der Waals surface area (Å²) in [5, 5.41) is 0. The Morgan fingerprint density at radius 1 is 1.06 bits per heavy atom. The quantitative estimate of drug-likeness (QED) is 0.200. The van der Waals surface area contributed by atoms with Crippen molar-refractivity contribution in [2.75, 3.05) is 5.75 Å². The van der Waals surface area contributed by atoms with E-state index in [4.69, 9.17) is 9.29 Å². The molecule has 1 fully saturated rings. The average Bonchev–Trinajstić information content (AvgIpc) is 3.19. The molecule has 33 heavy (non-hydrogen) atoms. The van der Waals surface area contributed by atoms with Gasteiger partial charge in [-0.2, -0.15) is 34.8 Å². The number of carbonyl (C=O) groups is 2. The molecule has 1 N–H and O–H groups in total. The molecule has 1 aliphatic carbocycles. The van der Waals surface area contributed by atoms with E-state index in [-0.39, 0.29) is 0 Å². The predicted octanol–water partition coefficient (Wildman–Crippen LogP) is 2.82. The summed E-state index contributed by atoms with van der Waals surface area (Å²) in [6, 6.07) is 3.09. The van der Waals surface area contributed by atoms with Gasteiger partial charge in [0.15, 0.2) is 0 Å². The molecular formula is C18H19BF6O7S. The van der Waals surface area contributed by atoms with Crippen LogP contribution < -0.4 is 4.74 Å². The molecule has 0 aromatic heterocycles. The molecule has 1 saturated carbocycles. The number of hydrogen-bond donors (Lipinski definition) is 1. The molecule has 1 aromatic rings. The maximum atomic E-state index is 13.5. The SMILES string of the molecule is BCc1ccc(C(=O)OC(CS(=O)(=O)O)(C(F)(F)F)C(F)(F)F)c(OC(=O)C2CCCC2)c1. The van der Waals surface area contributed by atoms with Gasteiger partial charge in [0.2, 0.25) is 0 Å².